The van der Waals surface area contributed by atoms with Gasteiger partial charge in [-0.25, -0.2) is 4.39 Å². The molecule has 0 aliphatic heterocycles. The lowest BCUT2D eigenvalue weighted by molar-refractivity contribution is 0.405. The van der Waals surface area contributed by atoms with E-state index in [-0.39, 0.29) is 11.9 Å². The van der Waals surface area contributed by atoms with E-state index in [0.29, 0.717) is 17.0 Å². The Balaban J connectivity index is 2.30. The molecule has 1 atom stereocenters. The van der Waals surface area contributed by atoms with Gasteiger partial charge in [0.05, 0.1) is 7.11 Å². The molecular formula is C16H17ClFNO. The van der Waals surface area contributed by atoms with Crippen molar-refractivity contribution in [2.45, 2.75) is 19.4 Å². The van der Waals surface area contributed by atoms with Crippen molar-refractivity contribution in [3.8, 4) is 5.75 Å². The fraction of sp³-hybridized carbons (Fsp3) is 0.250. The number of rotatable bonds is 4. The monoisotopic (exact) mass is 293 g/mol. The Morgan fingerprint density at radius 1 is 1.25 bits per heavy atom. The van der Waals surface area contributed by atoms with E-state index in [1.165, 1.54) is 12.1 Å². The molecule has 4 heteroatoms. The predicted octanol–water partition coefficient (Wildman–Crippen LogP) is 4.04. The van der Waals surface area contributed by atoms with Crippen molar-refractivity contribution in [2.75, 3.05) is 7.11 Å². The van der Waals surface area contributed by atoms with E-state index in [1.807, 2.05) is 25.1 Å². The molecule has 1 unspecified atom stereocenters. The Labute approximate surface area is 123 Å². The zero-order valence-corrected chi connectivity index (χ0v) is 12.2. The third-order valence-electron chi connectivity index (χ3n) is 3.23. The molecule has 2 aromatic rings. The fourth-order valence-corrected chi connectivity index (χ4v) is 2.38. The highest BCUT2D eigenvalue weighted by Gasteiger charge is 2.15. The zero-order valence-electron chi connectivity index (χ0n) is 11.5. The van der Waals surface area contributed by atoms with Crippen molar-refractivity contribution in [1.82, 2.24) is 0 Å². The normalized spacial score (nSPS) is 12.2. The number of methoxy groups -OCH3 is 1. The van der Waals surface area contributed by atoms with Gasteiger partial charge in [0.15, 0.2) is 0 Å². The van der Waals surface area contributed by atoms with Crippen LogP contribution in [0.25, 0.3) is 0 Å². The first-order valence-corrected chi connectivity index (χ1v) is 6.73. The van der Waals surface area contributed by atoms with Crippen LogP contribution in [-0.2, 0) is 6.42 Å². The van der Waals surface area contributed by atoms with Gasteiger partial charge in [0, 0.05) is 16.6 Å². The highest BCUT2D eigenvalue weighted by atomic mass is 35.5. The van der Waals surface area contributed by atoms with Crippen molar-refractivity contribution < 1.29 is 9.13 Å². The summed E-state index contributed by atoms with van der Waals surface area (Å²) >= 11 is 6.08. The second-order valence-corrected chi connectivity index (χ2v) is 5.20. The molecule has 0 saturated carbocycles. The maximum Gasteiger partial charge on any atom is 0.123 e. The summed E-state index contributed by atoms with van der Waals surface area (Å²) in [7, 11) is 1.61. The largest absolute Gasteiger partial charge is 0.496 e. The molecule has 0 aliphatic carbocycles. The average molecular weight is 294 g/mol. The molecule has 0 heterocycles. The molecule has 106 valence electrons. The Morgan fingerprint density at radius 2 is 2.00 bits per heavy atom. The second-order valence-electron chi connectivity index (χ2n) is 4.79. The quantitative estimate of drug-likeness (QED) is 0.923. The lowest BCUT2D eigenvalue weighted by Crippen LogP contribution is -2.15. The predicted molar refractivity (Wildman–Crippen MR) is 79.8 cm³/mol. The van der Waals surface area contributed by atoms with E-state index in [9.17, 15) is 4.39 Å². The van der Waals surface area contributed by atoms with Gasteiger partial charge in [0.1, 0.15) is 11.6 Å². The number of hydrogen-bond donors (Lipinski definition) is 1. The van der Waals surface area contributed by atoms with E-state index >= 15 is 0 Å². The highest BCUT2D eigenvalue weighted by Crippen LogP contribution is 2.29. The van der Waals surface area contributed by atoms with Gasteiger partial charge in [-0.3, -0.25) is 0 Å². The van der Waals surface area contributed by atoms with Gasteiger partial charge in [0.25, 0.3) is 0 Å². The number of hydrogen-bond acceptors (Lipinski definition) is 2. The zero-order chi connectivity index (χ0) is 14.7. The molecule has 2 nitrogen and oxygen atoms in total. The van der Waals surface area contributed by atoms with Crippen molar-refractivity contribution in [2.24, 2.45) is 5.73 Å². The maximum atomic E-state index is 13.3. The van der Waals surface area contributed by atoms with Crippen LogP contribution in [0.1, 0.15) is 22.7 Å². The summed E-state index contributed by atoms with van der Waals surface area (Å²) in [5.74, 6) is 0.420. The summed E-state index contributed by atoms with van der Waals surface area (Å²) in [5, 5.41) is 0.522. The standard InChI is InChI=1S/C16H17ClFNO/c1-10-3-6-16(20-2)13(7-10)15(19)9-11-8-12(18)4-5-14(11)17/h3-8,15H,9,19H2,1-2H3. The molecule has 2 aromatic carbocycles. The molecule has 2 rings (SSSR count). The minimum absolute atomic E-state index is 0.302. The number of benzene rings is 2. The van der Waals surface area contributed by atoms with Gasteiger partial charge in [-0.15, -0.1) is 0 Å². The summed E-state index contributed by atoms with van der Waals surface area (Å²) < 4.78 is 18.6. The molecule has 0 aliphatic rings. The molecule has 0 radical (unpaired) electrons. The SMILES string of the molecule is COc1ccc(C)cc1C(N)Cc1cc(F)ccc1Cl. The third-order valence-corrected chi connectivity index (χ3v) is 3.60. The first-order valence-electron chi connectivity index (χ1n) is 6.35. The summed E-state index contributed by atoms with van der Waals surface area (Å²) in [4.78, 5) is 0. The van der Waals surface area contributed by atoms with Crippen LogP contribution in [0.3, 0.4) is 0 Å². The second kappa shape index (κ2) is 6.25. The van der Waals surface area contributed by atoms with E-state index in [1.54, 1.807) is 13.2 Å². The lowest BCUT2D eigenvalue weighted by atomic mass is 9.97. The van der Waals surface area contributed by atoms with Crippen LogP contribution >= 0.6 is 11.6 Å². The smallest absolute Gasteiger partial charge is 0.123 e. The van der Waals surface area contributed by atoms with Gasteiger partial charge in [-0.1, -0.05) is 29.3 Å². The van der Waals surface area contributed by atoms with Gasteiger partial charge in [0.2, 0.25) is 0 Å². The number of ether oxygens (including phenoxy) is 1. The molecule has 0 bridgehead atoms. The lowest BCUT2D eigenvalue weighted by Gasteiger charge is -2.17. The van der Waals surface area contributed by atoms with Gasteiger partial charge >= 0.3 is 0 Å². The summed E-state index contributed by atoms with van der Waals surface area (Å²) in [5.41, 5.74) is 8.92. The Kier molecular flexibility index (Phi) is 4.63. The molecular weight excluding hydrogens is 277 g/mol. The molecule has 20 heavy (non-hydrogen) atoms. The Hall–Kier alpha value is -1.58. The molecule has 0 aromatic heterocycles. The van der Waals surface area contributed by atoms with Crippen LogP contribution in [0.4, 0.5) is 4.39 Å². The van der Waals surface area contributed by atoms with Crippen molar-refractivity contribution in [3.63, 3.8) is 0 Å². The van der Waals surface area contributed by atoms with Crippen LogP contribution in [0.2, 0.25) is 5.02 Å². The van der Waals surface area contributed by atoms with E-state index in [2.05, 4.69) is 0 Å². The van der Waals surface area contributed by atoms with Crippen LogP contribution in [0.15, 0.2) is 36.4 Å². The first kappa shape index (κ1) is 14.8. The van der Waals surface area contributed by atoms with Crippen LogP contribution in [0, 0.1) is 12.7 Å². The maximum absolute atomic E-state index is 13.3. The Bertz CT molecular complexity index is 615. The third kappa shape index (κ3) is 3.30. The molecule has 0 fully saturated rings. The van der Waals surface area contributed by atoms with Gasteiger partial charge in [-0.2, -0.15) is 0 Å². The summed E-state index contributed by atoms with van der Waals surface area (Å²) in [6, 6.07) is 9.84. The van der Waals surface area contributed by atoms with E-state index < -0.39 is 0 Å². The Morgan fingerprint density at radius 3 is 2.70 bits per heavy atom. The van der Waals surface area contributed by atoms with E-state index in [4.69, 9.17) is 22.1 Å². The molecule has 2 N–H and O–H groups in total. The van der Waals surface area contributed by atoms with Crippen LogP contribution in [-0.4, -0.2) is 7.11 Å². The summed E-state index contributed by atoms with van der Waals surface area (Å²) in [6.45, 7) is 1.99. The fourth-order valence-electron chi connectivity index (χ4n) is 2.19. The van der Waals surface area contributed by atoms with Crippen LogP contribution < -0.4 is 10.5 Å². The molecule has 0 spiro atoms. The first-order chi connectivity index (χ1) is 9.51. The summed E-state index contributed by atoms with van der Waals surface area (Å²) in [6.07, 6.45) is 0.455. The molecule has 0 saturated heterocycles. The number of halogens is 2. The van der Waals surface area contributed by atoms with E-state index in [0.717, 1.165) is 16.9 Å². The number of nitrogens with two attached hydrogens (primary N) is 1. The van der Waals surface area contributed by atoms with Gasteiger partial charge in [-0.05, 0) is 43.2 Å². The van der Waals surface area contributed by atoms with Crippen LogP contribution in [0.5, 0.6) is 5.75 Å². The highest BCUT2D eigenvalue weighted by molar-refractivity contribution is 6.31. The molecule has 0 amide bonds. The van der Waals surface area contributed by atoms with Gasteiger partial charge < -0.3 is 10.5 Å². The average Bonchev–Trinajstić information content (AvgIpc) is 2.42. The van der Waals surface area contributed by atoms with Crippen molar-refractivity contribution >= 4 is 11.6 Å². The number of aryl methyl sites for hydroxylation is 1. The minimum Gasteiger partial charge on any atom is -0.496 e. The topological polar surface area (TPSA) is 35.2 Å². The van der Waals surface area contributed by atoms with Crippen molar-refractivity contribution in [1.29, 1.82) is 0 Å². The minimum atomic E-state index is -0.312. The van der Waals surface area contributed by atoms with Crippen molar-refractivity contribution in [3.05, 3.63) is 63.9 Å².